The van der Waals surface area contributed by atoms with Crippen LogP contribution in [0.15, 0.2) is 47.6 Å². The zero-order valence-corrected chi connectivity index (χ0v) is 30.2. The number of likely N-dealkylation sites (tertiary alicyclic amines) is 1. The van der Waals surface area contributed by atoms with Crippen LogP contribution in [0.2, 0.25) is 5.15 Å². The van der Waals surface area contributed by atoms with Gasteiger partial charge in [0.2, 0.25) is 5.88 Å². The number of anilines is 1. The zero-order valence-electron chi connectivity index (χ0n) is 28.6. The molecule has 260 valence electrons. The summed E-state index contributed by atoms with van der Waals surface area (Å²) in [6.45, 7) is 12.2. The second kappa shape index (κ2) is 15.8. The van der Waals surface area contributed by atoms with Crippen LogP contribution in [0.5, 0.6) is 5.88 Å². The van der Waals surface area contributed by atoms with E-state index in [-0.39, 0.29) is 28.3 Å². The number of hydrogen-bond acceptors (Lipinski definition) is 9. The lowest BCUT2D eigenvalue weighted by atomic mass is 9.93. The zero-order chi connectivity index (χ0) is 34.3. The second-order valence-electron chi connectivity index (χ2n) is 14.4. The normalized spacial score (nSPS) is 17.8. The first-order valence-corrected chi connectivity index (χ1v) is 18.1. The van der Waals surface area contributed by atoms with Gasteiger partial charge in [-0.2, -0.15) is 0 Å². The standard InChI is InChI=1S/C35H48ClN7O4S/c1-34(2,3)47-33(45)42-22-25(20-35(42,4)5)12-8-9-18-37-28-15-13-26(21-38-28)48-41-32(44)27-14-16-29(39-31(27)36)43-19-17-30(40-43)46-23-24-10-6-7-11-24/h13-17,19,21,24-25H,6-12,18,20,22-23H2,1-5H3,(H,37,38)(H,41,44). The van der Waals surface area contributed by atoms with Gasteiger partial charge >= 0.3 is 6.09 Å². The summed E-state index contributed by atoms with van der Waals surface area (Å²) in [5.41, 5.74) is -0.425. The molecule has 1 atom stereocenters. The van der Waals surface area contributed by atoms with E-state index in [0.29, 0.717) is 30.1 Å². The van der Waals surface area contributed by atoms with Crippen LogP contribution < -0.4 is 14.8 Å². The Balaban J connectivity index is 1.00. The van der Waals surface area contributed by atoms with Gasteiger partial charge in [0.25, 0.3) is 5.91 Å². The molecular weight excluding hydrogens is 650 g/mol. The van der Waals surface area contributed by atoms with Crippen molar-refractivity contribution in [2.75, 3.05) is 25.0 Å². The molecule has 5 rings (SSSR count). The van der Waals surface area contributed by atoms with Gasteiger partial charge in [-0.3, -0.25) is 9.52 Å². The Bertz CT molecular complexity index is 1540. The number of nitrogens with zero attached hydrogens (tertiary/aromatic N) is 5. The van der Waals surface area contributed by atoms with Crippen molar-refractivity contribution in [2.45, 2.75) is 102 Å². The second-order valence-corrected chi connectivity index (χ2v) is 15.6. The monoisotopic (exact) mass is 697 g/mol. The summed E-state index contributed by atoms with van der Waals surface area (Å²) in [6, 6.07) is 8.94. The topological polar surface area (TPSA) is 124 Å². The molecule has 2 aliphatic rings. The average molecular weight is 698 g/mol. The van der Waals surface area contributed by atoms with Gasteiger partial charge in [0.15, 0.2) is 5.82 Å². The van der Waals surface area contributed by atoms with Crippen LogP contribution in [0.25, 0.3) is 5.82 Å². The molecule has 1 aliphatic heterocycles. The Morgan fingerprint density at radius 1 is 1.08 bits per heavy atom. The summed E-state index contributed by atoms with van der Waals surface area (Å²) < 4.78 is 15.9. The van der Waals surface area contributed by atoms with Crippen molar-refractivity contribution < 1.29 is 19.1 Å². The van der Waals surface area contributed by atoms with E-state index >= 15 is 0 Å². The van der Waals surface area contributed by atoms with Crippen LogP contribution in [0.1, 0.15) is 96.3 Å². The van der Waals surface area contributed by atoms with E-state index in [1.54, 1.807) is 35.3 Å². The molecule has 0 bridgehead atoms. The average Bonchev–Trinajstić information content (AvgIpc) is 3.79. The Hall–Kier alpha value is -3.51. The third kappa shape index (κ3) is 10.0. The number of amides is 2. The molecule has 48 heavy (non-hydrogen) atoms. The third-order valence-electron chi connectivity index (χ3n) is 8.74. The number of rotatable bonds is 13. The van der Waals surface area contributed by atoms with Gasteiger partial charge in [-0.15, -0.1) is 5.10 Å². The Morgan fingerprint density at radius 2 is 1.88 bits per heavy atom. The predicted molar refractivity (Wildman–Crippen MR) is 189 cm³/mol. The lowest BCUT2D eigenvalue weighted by molar-refractivity contribution is 0.0130. The van der Waals surface area contributed by atoms with Crippen LogP contribution >= 0.6 is 23.5 Å². The fourth-order valence-corrected chi connectivity index (χ4v) is 7.11. The van der Waals surface area contributed by atoms with Crippen molar-refractivity contribution in [1.29, 1.82) is 0 Å². The van der Waals surface area contributed by atoms with Gasteiger partial charge in [-0.25, -0.2) is 19.4 Å². The summed E-state index contributed by atoms with van der Waals surface area (Å²) in [7, 11) is 0. The number of carbonyl (C=O) groups is 2. The van der Waals surface area contributed by atoms with E-state index in [1.165, 1.54) is 25.7 Å². The van der Waals surface area contributed by atoms with Crippen molar-refractivity contribution in [2.24, 2.45) is 11.8 Å². The molecular formula is C35H48ClN7O4S. The van der Waals surface area contributed by atoms with Crippen molar-refractivity contribution >= 4 is 41.4 Å². The molecule has 2 N–H and O–H groups in total. The molecule has 3 aromatic rings. The highest BCUT2D eigenvalue weighted by Crippen LogP contribution is 2.36. The van der Waals surface area contributed by atoms with Crippen LogP contribution in [0.4, 0.5) is 10.6 Å². The minimum Gasteiger partial charge on any atom is -0.476 e. The highest BCUT2D eigenvalue weighted by Gasteiger charge is 2.42. The SMILES string of the molecule is CC(C)(C)OC(=O)N1CC(CCCCNc2ccc(SNC(=O)c3ccc(-n4ccc(OCC5CCCC5)n4)nc3Cl)cn2)CC1(C)C. The summed E-state index contributed by atoms with van der Waals surface area (Å²) in [5, 5.41) is 7.90. The molecule has 1 saturated heterocycles. The molecule has 3 aromatic heterocycles. The van der Waals surface area contributed by atoms with Crippen LogP contribution in [-0.4, -0.2) is 67.5 Å². The van der Waals surface area contributed by atoms with Crippen molar-refractivity contribution in [3.8, 4) is 11.7 Å². The summed E-state index contributed by atoms with van der Waals surface area (Å²) >= 11 is 7.56. The third-order valence-corrected chi connectivity index (χ3v) is 9.79. The molecule has 0 spiro atoms. The fraction of sp³-hybridized carbons (Fsp3) is 0.571. The van der Waals surface area contributed by atoms with E-state index in [0.717, 1.165) is 61.4 Å². The van der Waals surface area contributed by atoms with Gasteiger partial charge < -0.3 is 19.7 Å². The summed E-state index contributed by atoms with van der Waals surface area (Å²) in [6.07, 6.45) is 12.3. The lowest BCUT2D eigenvalue weighted by Crippen LogP contribution is -2.45. The summed E-state index contributed by atoms with van der Waals surface area (Å²) in [4.78, 5) is 37.1. The van der Waals surface area contributed by atoms with E-state index in [9.17, 15) is 9.59 Å². The van der Waals surface area contributed by atoms with Gasteiger partial charge in [0.1, 0.15) is 16.6 Å². The number of halogens is 1. The number of ether oxygens (including phenoxy) is 2. The van der Waals surface area contributed by atoms with Crippen LogP contribution in [0.3, 0.4) is 0 Å². The lowest BCUT2D eigenvalue weighted by Gasteiger charge is -2.33. The first-order chi connectivity index (χ1) is 22.9. The molecule has 1 saturated carbocycles. The highest BCUT2D eigenvalue weighted by molar-refractivity contribution is 7.98. The van der Waals surface area contributed by atoms with E-state index in [1.807, 2.05) is 37.8 Å². The van der Waals surface area contributed by atoms with Crippen molar-refractivity contribution in [3.63, 3.8) is 0 Å². The fourth-order valence-electron chi connectivity index (χ4n) is 6.31. The van der Waals surface area contributed by atoms with Gasteiger partial charge in [-0.1, -0.05) is 30.9 Å². The maximum atomic E-state index is 12.9. The molecule has 4 heterocycles. The van der Waals surface area contributed by atoms with Crippen LogP contribution in [0, 0.1) is 11.8 Å². The quantitative estimate of drug-likeness (QED) is 0.104. The molecule has 2 fully saturated rings. The van der Waals surface area contributed by atoms with Gasteiger partial charge in [-0.05, 0) is 115 Å². The Labute approximate surface area is 293 Å². The first-order valence-electron chi connectivity index (χ1n) is 16.9. The number of hydrogen-bond donors (Lipinski definition) is 2. The molecule has 1 aliphatic carbocycles. The molecule has 1 unspecified atom stereocenters. The van der Waals surface area contributed by atoms with Gasteiger partial charge in [0, 0.05) is 42.0 Å². The molecule has 11 nitrogen and oxygen atoms in total. The number of pyridine rings is 2. The largest absolute Gasteiger partial charge is 0.476 e. The maximum absolute atomic E-state index is 12.9. The number of unbranched alkanes of at least 4 members (excludes halogenated alkanes) is 1. The van der Waals surface area contributed by atoms with E-state index in [2.05, 4.69) is 39.0 Å². The minimum atomic E-state index is -0.494. The van der Waals surface area contributed by atoms with Gasteiger partial charge in [0.05, 0.1) is 12.2 Å². The molecule has 0 aromatic carbocycles. The minimum absolute atomic E-state index is 0.0872. The number of nitrogens with one attached hydrogen (secondary N) is 2. The molecule has 2 amide bonds. The van der Waals surface area contributed by atoms with Crippen molar-refractivity contribution in [1.82, 2.24) is 29.4 Å². The summed E-state index contributed by atoms with van der Waals surface area (Å²) in [5.74, 6) is 2.54. The van der Waals surface area contributed by atoms with Crippen molar-refractivity contribution in [3.05, 3.63) is 53.4 Å². The number of carbonyl (C=O) groups excluding carboxylic acids is 2. The van der Waals surface area contributed by atoms with Crippen LogP contribution in [-0.2, 0) is 4.74 Å². The molecule has 13 heteroatoms. The maximum Gasteiger partial charge on any atom is 0.410 e. The Kier molecular flexibility index (Phi) is 11.8. The molecule has 0 radical (unpaired) electrons. The van der Waals surface area contributed by atoms with E-state index in [4.69, 9.17) is 21.1 Å². The predicted octanol–water partition coefficient (Wildman–Crippen LogP) is 7.94. The highest BCUT2D eigenvalue weighted by atomic mass is 35.5. The van der Waals surface area contributed by atoms with E-state index < -0.39 is 5.60 Å². The Morgan fingerprint density at radius 3 is 2.58 bits per heavy atom. The first kappa shape index (κ1) is 35.8. The smallest absolute Gasteiger partial charge is 0.410 e. The number of aromatic nitrogens is 4.